The van der Waals surface area contributed by atoms with Crippen molar-refractivity contribution in [3.05, 3.63) is 23.2 Å². The molecule has 1 aromatic carbocycles. The molecule has 0 aliphatic heterocycles. The first-order valence-corrected chi connectivity index (χ1v) is 7.87. The van der Waals surface area contributed by atoms with Gasteiger partial charge in [-0.05, 0) is 24.1 Å². The van der Waals surface area contributed by atoms with Crippen molar-refractivity contribution >= 4 is 40.4 Å². The lowest BCUT2D eigenvalue weighted by atomic mass is 10.2. The van der Waals surface area contributed by atoms with Crippen molar-refractivity contribution in [2.75, 3.05) is 19.5 Å². The van der Waals surface area contributed by atoms with E-state index in [4.69, 9.17) is 21.4 Å². The number of imidazole rings is 1. The lowest BCUT2D eigenvalue weighted by Gasteiger charge is -2.14. The molecule has 114 valence electrons. The van der Waals surface area contributed by atoms with Gasteiger partial charge < -0.3 is 14.4 Å². The number of benzene rings is 1. The van der Waals surface area contributed by atoms with Crippen LogP contribution < -0.4 is 0 Å². The molecule has 0 amide bonds. The van der Waals surface area contributed by atoms with E-state index in [2.05, 4.69) is 11.9 Å². The molecule has 1 unspecified atom stereocenters. The minimum Gasteiger partial charge on any atom is -0.481 e. The van der Waals surface area contributed by atoms with E-state index in [1.54, 1.807) is 13.2 Å². The summed E-state index contributed by atoms with van der Waals surface area (Å²) in [5.41, 5.74) is 1.73. The Morgan fingerprint density at radius 2 is 2.33 bits per heavy atom. The Labute approximate surface area is 132 Å². The number of carboxylic acid groups (broad SMARTS) is 1. The molecule has 2 rings (SSSR count). The normalized spacial score (nSPS) is 12.7. The van der Waals surface area contributed by atoms with Crippen LogP contribution in [0.1, 0.15) is 6.92 Å². The van der Waals surface area contributed by atoms with Crippen LogP contribution in [0.15, 0.2) is 23.4 Å². The Hall–Kier alpha value is -1.24. The molecule has 0 saturated heterocycles. The Balaban J connectivity index is 2.36. The van der Waals surface area contributed by atoms with Crippen molar-refractivity contribution < 1.29 is 14.6 Å². The van der Waals surface area contributed by atoms with E-state index in [1.807, 2.05) is 16.7 Å². The molecular weight excluding hydrogens is 312 g/mol. The molecule has 1 atom stereocenters. The first-order chi connectivity index (χ1) is 10.0. The highest BCUT2D eigenvalue weighted by Crippen LogP contribution is 2.27. The van der Waals surface area contributed by atoms with Gasteiger partial charge in [-0.1, -0.05) is 30.3 Å². The van der Waals surface area contributed by atoms with Crippen molar-refractivity contribution in [2.24, 2.45) is 5.92 Å². The number of thioether (sulfide) groups is 1. The predicted octanol–water partition coefficient (Wildman–Crippen LogP) is 3.15. The second-order valence-corrected chi connectivity index (χ2v) is 6.26. The number of nitrogens with zero attached hydrogens (tertiary/aromatic N) is 2. The number of aliphatic carboxylic acids is 1. The van der Waals surface area contributed by atoms with Gasteiger partial charge in [0.2, 0.25) is 0 Å². The van der Waals surface area contributed by atoms with Crippen LogP contribution in [0.4, 0.5) is 0 Å². The summed E-state index contributed by atoms with van der Waals surface area (Å²) in [6.45, 7) is 3.43. The summed E-state index contributed by atoms with van der Waals surface area (Å²) in [5.74, 6) is -0.579. The van der Waals surface area contributed by atoms with E-state index >= 15 is 0 Å². The highest BCUT2D eigenvalue weighted by atomic mass is 35.5. The predicted molar refractivity (Wildman–Crippen MR) is 84.1 cm³/mol. The number of halogens is 1. The minimum atomic E-state index is -0.860. The number of methoxy groups -OCH3 is 1. The summed E-state index contributed by atoms with van der Waals surface area (Å²) in [6, 6.07) is 5.52. The second-order valence-electron chi connectivity index (χ2n) is 4.88. The van der Waals surface area contributed by atoms with E-state index in [9.17, 15) is 4.79 Å². The molecule has 0 aliphatic rings. The fourth-order valence-corrected chi connectivity index (χ4v) is 3.05. The number of fused-ring (bicyclic) bond motifs is 1. The maximum atomic E-state index is 10.8. The zero-order chi connectivity index (χ0) is 15.4. The van der Waals surface area contributed by atoms with Gasteiger partial charge in [-0.3, -0.25) is 4.79 Å². The quantitative estimate of drug-likeness (QED) is 0.791. The number of aromatic nitrogens is 2. The Bertz CT molecular complexity index is 644. The summed E-state index contributed by atoms with van der Waals surface area (Å²) in [5, 5.41) is 10.2. The SMILES string of the molecule is COCC(C)Cn1c(SCC(=O)O)nc2cc(Cl)ccc21. The van der Waals surface area contributed by atoms with E-state index in [1.165, 1.54) is 11.8 Å². The van der Waals surface area contributed by atoms with E-state index in [0.29, 0.717) is 29.2 Å². The van der Waals surface area contributed by atoms with Crippen LogP contribution in [0.3, 0.4) is 0 Å². The molecule has 0 bridgehead atoms. The molecule has 21 heavy (non-hydrogen) atoms. The second kappa shape index (κ2) is 7.15. The van der Waals surface area contributed by atoms with Gasteiger partial charge in [0.25, 0.3) is 0 Å². The smallest absolute Gasteiger partial charge is 0.313 e. The molecule has 1 N–H and O–H groups in total. The maximum Gasteiger partial charge on any atom is 0.313 e. The van der Waals surface area contributed by atoms with Crippen LogP contribution >= 0.6 is 23.4 Å². The Morgan fingerprint density at radius 3 is 3.00 bits per heavy atom. The third kappa shape index (κ3) is 4.12. The molecule has 0 fully saturated rings. The summed E-state index contributed by atoms with van der Waals surface area (Å²) >= 11 is 7.21. The average molecular weight is 329 g/mol. The van der Waals surface area contributed by atoms with Crippen LogP contribution in [-0.2, 0) is 16.1 Å². The van der Waals surface area contributed by atoms with Gasteiger partial charge in [-0.25, -0.2) is 4.98 Å². The topological polar surface area (TPSA) is 64.3 Å². The first-order valence-electron chi connectivity index (χ1n) is 6.50. The van der Waals surface area contributed by atoms with Crippen molar-refractivity contribution in [1.82, 2.24) is 9.55 Å². The van der Waals surface area contributed by atoms with Crippen molar-refractivity contribution in [3.63, 3.8) is 0 Å². The fourth-order valence-electron chi connectivity index (χ4n) is 2.14. The van der Waals surface area contributed by atoms with Crippen LogP contribution in [0.5, 0.6) is 0 Å². The maximum absolute atomic E-state index is 10.8. The van der Waals surface area contributed by atoms with Gasteiger partial charge in [-0.15, -0.1) is 0 Å². The van der Waals surface area contributed by atoms with Gasteiger partial charge in [-0.2, -0.15) is 0 Å². The molecule has 5 nitrogen and oxygen atoms in total. The molecule has 1 aromatic heterocycles. The molecule has 0 saturated carbocycles. The number of hydrogen-bond acceptors (Lipinski definition) is 4. The van der Waals surface area contributed by atoms with Crippen LogP contribution in [0.25, 0.3) is 11.0 Å². The number of rotatable bonds is 7. The van der Waals surface area contributed by atoms with Crippen molar-refractivity contribution in [3.8, 4) is 0 Å². The third-order valence-electron chi connectivity index (χ3n) is 2.95. The average Bonchev–Trinajstić information content (AvgIpc) is 2.74. The van der Waals surface area contributed by atoms with Gasteiger partial charge in [0.15, 0.2) is 5.16 Å². The summed E-state index contributed by atoms with van der Waals surface area (Å²) in [6.07, 6.45) is 0. The standard InChI is InChI=1S/C14H17ClN2O3S/c1-9(7-20-2)6-17-12-4-3-10(15)5-11(12)16-14(17)21-8-13(18)19/h3-5,9H,6-8H2,1-2H3,(H,18,19). The zero-order valence-corrected chi connectivity index (χ0v) is 13.4. The number of hydrogen-bond donors (Lipinski definition) is 1. The van der Waals surface area contributed by atoms with Gasteiger partial charge in [0.1, 0.15) is 0 Å². The van der Waals surface area contributed by atoms with E-state index in [-0.39, 0.29) is 5.75 Å². The van der Waals surface area contributed by atoms with Crippen molar-refractivity contribution in [1.29, 1.82) is 0 Å². The lowest BCUT2D eigenvalue weighted by Crippen LogP contribution is -2.13. The van der Waals surface area contributed by atoms with E-state index < -0.39 is 5.97 Å². The molecule has 0 radical (unpaired) electrons. The number of carboxylic acids is 1. The first kappa shape index (κ1) is 16.1. The van der Waals surface area contributed by atoms with E-state index in [0.717, 1.165) is 11.0 Å². The van der Waals surface area contributed by atoms with Crippen LogP contribution in [0, 0.1) is 5.92 Å². The number of carbonyl (C=O) groups is 1. The third-order valence-corrected chi connectivity index (χ3v) is 4.14. The summed E-state index contributed by atoms with van der Waals surface area (Å²) in [4.78, 5) is 15.3. The molecule has 1 heterocycles. The largest absolute Gasteiger partial charge is 0.481 e. The molecule has 7 heteroatoms. The van der Waals surface area contributed by atoms with Gasteiger partial charge in [0.05, 0.1) is 23.4 Å². The summed E-state index contributed by atoms with van der Waals surface area (Å²) < 4.78 is 7.20. The molecule has 0 spiro atoms. The van der Waals surface area contributed by atoms with Gasteiger partial charge in [0, 0.05) is 18.7 Å². The Morgan fingerprint density at radius 1 is 1.57 bits per heavy atom. The Kier molecular flexibility index (Phi) is 5.50. The fraction of sp³-hybridized carbons (Fsp3) is 0.429. The molecular formula is C14H17ClN2O3S. The van der Waals surface area contributed by atoms with Crippen LogP contribution in [-0.4, -0.2) is 40.1 Å². The van der Waals surface area contributed by atoms with Gasteiger partial charge >= 0.3 is 5.97 Å². The minimum absolute atomic E-state index is 0.0181. The monoisotopic (exact) mass is 328 g/mol. The highest BCUT2D eigenvalue weighted by Gasteiger charge is 2.15. The van der Waals surface area contributed by atoms with Crippen LogP contribution in [0.2, 0.25) is 5.02 Å². The molecule has 0 aliphatic carbocycles. The molecule has 2 aromatic rings. The van der Waals surface area contributed by atoms with Crippen molar-refractivity contribution in [2.45, 2.75) is 18.6 Å². The zero-order valence-electron chi connectivity index (χ0n) is 11.9. The highest BCUT2D eigenvalue weighted by molar-refractivity contribution is 7.99. The lowest BCUT2D eigenvalue weighted by molar-refractivity contribution is -0.133. The number of ether oxygens (including phenoxy) is 1. The summed E-state index contributed by atoms with van der Waals surface area (Å²) in [7, 11) is 1.67.